The van der Waals surface area contributed by atoms with E-state index in [1.165, 1.54) is 0 Å². The van der Waals surface area contributed by atoms with Crippen LogP contribution in [-0.2, 0) is 6.61 Å². The number of nitrogen functional groups attached to an aromatic ring is 1. The standard InChI is InChI=1S/C12H13N3O2/c1-16-9-2-4-10(5-3-9)17-8-12-14-7-6-11(13)15-12/h2-7H,8H2,1H3,(H2,13,14,15). The van der Waals surface area contributed by atoms with Crippen LogP contribution >= 0.6 is 0 Å². The van der Waals surface area contributed by atoms with Gasteiger partial charge in [-0.1, -0.05) is 0 Å². The van der Waals surface area contributed by atoms with Gasteiger partial charge in [0, 0.05) is 6.20 Å². The molecule has 0 unspecified atom stereocenters. The average Bonchev–Trinajstić information content (AvgIpc) is 2.37. The zero-order valence-electron chi connectivity index (χ0n) is 9.46. The average molecular weight is 231 g/mol. The van der Waals surface area contributed by atoms with E-state index in [1.807, 2.05) is 24.3 Å². The highest BCUT2D eigenvalue weighted by Crippen LogP contribution is 2.17. The Hall–Kier alpha value is -2.30. The molecule has 0 aliphatic carbocycles. The molecule has 0 atom stereocenters. The molecule has 1 aromatic heterocycles. The number of hydrogen-bond acceptors (Lipinski definition) is 5. The van der Waals surface area contributed by atoms with Gasteiger partial charge in [0.1, 0.15) is 23.9 Å². The van der Waals surface area contributed by atoms with Crippen LogP contribution in [0.15, 0.2) is 36.5 Å². The Balaban J connectivity index is 1.97. The summed E-state index contributed by atoms with van der Waals surface area (Å²) in [7, 11) is 1.62. The quantitative estimate of drug-likeness (QED) is 0.866. The lowest BCUT2D eigenvalue weighted by atomic mass is 10.3. The molecule has 17 heavy (non-hydrogen) atoms. The van der Waals surface area contributed by atoms with Crippen molar-refractivity contribution in [2.45, 2.75) is 6.61 Å². The molecule has 2 rings (SSSR count). The van der Waals surface area contributed by atoms with Gasteiger partial charge in [0.25, 0.3) is 0 Å². The molecule has 1 aromatic carbocycles. The number of ether oxygens (including phenoxy) is 2. The number of hydrogen-bond donors (Lipinski definition) is 1. The van der Waals surface area contributed by atoms with Gasteiger partial charge >= 0.3 is 0 Å². The van der Waals surface area contributed by atoms with Crippen molar-refractivity contribution in [2.75, 3.05) is 12.8 Å². The zero-order valence-corrected chi connectivity index (χ0v) is 9.46. The van der Waals surface area contributed by atoms with E-state index in [2.05, 4.69) is 9.97 Å². The second-order valence-electron chi connectivity index (χ2n) is 3.36. The van der Waals surface area contributed by atoms with E-state index < -0.39 is 0 Å². The van der Waals surface area contributed by atoms with Gasteiger partial charge in [-0.05, 0) is 30.3 Å². The van der Waals surface area contributed by atoms with E-state index >= 15 is 0 Å². The van der Waals surface area contributed by atoms with Crippen molar-refractivity contribution in [1.29, 1.82) is 0 Å². The maximum Gasteiger partial charge on any atom is 0.168 e. The smallest absolute Gasteiger partial charge is 0.168 e. The first-order valence-corrected chi connectivity index (χ1v) is 5.12. The van der Waals surface area contributed by atoms with Gasteiger partial charge in [0.15, 0.2) is 5.82 Å². The Kier molecular flexibility index (Phi) is 3.40. The van der Waals surface area contributed by atoms with Crippen molar-refractivity contribution in [3.8, 4) is 11.5 Å². The monoisotopic (exact) mass is 231 g/mol. The van der Waals surface area contributed by atoms with Crippen molar-refractivity contribution < 1.29 is 9.47 Å². The fourth-order valence-corrected chi connectivity index (χ4v) is 1.30. The molecule has 0 amide bonds. The van der Waals surface area contributed by atoms with E-state index in [-0.39, 0.29) is 6.61 Å². The Morgan fingerprint density at radius 3 is 2.47 bits per heavy atom. The molecule has 0 saturated heterocycles. The molecule has 0 aliphatic rings. The molecular formula is C12H13N3O2. The number of anilines is 1. The largest absolute Gasteiger partial charge is 0.497 e. The van der Waals surface area contributed by atoms with E-state index in [4.69, 9.17) is 15.2 Å². The van der Waals surface area contributed by atoms with Gasteiger partial charge in [-0.2, -0.15) is 0 Å². The van der Waals surface area contributed by atoms with Crippen LogP contribution in [-0.4, -0.2) is 17.1 Å². The molecule has 0 radical (unpaired) electrons. The zero-order chi connectivity index (χ0) is 12.1. The summed E-state index contributed by atoms with van der Waals surface area (Å²) in [4.78, 5) is 8.09. The van der Waals surface area contributed by atoms with Crippen LogP contribution in [0.2, 0.25) is 0 Å². The van der Waals surface area contributed by atoms with Crippen LogP contribution in [0, 0.1) is 0 Å². The van der Waals surface area contributed by atoms with Gasteiger partial charge in [-0.15, -0.1) is 0 Å². The fourth-order valence-electron chi connectivity index (χ4n) is 1.30. The minimum atomic E-state index is 0.289. The van der Waals surface area contributed by atoms with E-state index in [1.54, 1.807) is 19.4 Å². The van der Waals surface area contributed by atoms with E-state index in [9.17, 15) is 0 Å². The predicted octanol–water partition coefficient (Wildman–Crippen LogP) is 1.65. The van der Waals surface area contributed by atoms with Crippen molar-refractivity contribution in [3.63, 3.8) is 0 Å². The molecule has 5 heteroatoms. The number of benzene rings is 1. The molecule has 0 spiro atoms. The predicted molar refractivity (Wildman–Crippen MR) is 63.8 cm³/mol. The molecule has 2 aromatic rings. The van der Waals surface area contributed by atoms with Crippen molar-refractivity contribution in [2.24, 2.45) is 0 Å². The van der Waals surface area contributed by atoms with Gasteiger partial charge in [-0.25, -0.2) is 9.97 Å². The van der Waals surface area contributed by atoms with Gasteiger partial charge in [0.2, 0.25) is 0 Å². The summed E-state index contributed by atoms with van der Waals surface area (Å²) >= 11 is 0. The molecule has 0 aliphatic heterocycles. The molecule has 0 bridgehead atoms. The van der Waals surface area contributed by atoms with Gasteiger partial charge in [0.05, 0.1) is 7.11 Å². The normalized spacial score (nSPS) is 9.94. The SMILES string of the molecule is COc1ccc(OCc2nccc(N)n2)cc1. The third-order valence-corrected chi connectivity index (χ3v) is 2.15. The van der Waals surface area contributed by atoms with E-state index in [0.717, 1.165) is 11.5 Å². The molecule has 88 valence electrons. The molecular weight excluding hydrogens is 218 g/mol. The number of rotatable bonds is 4. The minimum Gasteiger partial charge on any atom is -0.497 e. The Labute approximate surface area is 99.2 Å². The minimum absolute atomic E-state index is 0.289. The highest BCUT2D eigenvalue weighted by atomic mass is 16.5. The lowest BCUT2D eigenvalue weighted by Crippen LogP contribution is -2.03. The van der Waals surface area contributed by atoms with Gasteiger partial charge < -0.3 is 15.2 Å². The number of methoxy groups -OCH3 is 1. The summed E-state index contributed by atoms with van der Waals surface area (Å²) in [6.45, 7) is 0.289. The summed E-state index contributed by atoms with van der Waals surface area (Å²) in [5, 5.41) is 0. The van der Waals surface area contributed by atoms with Gasteiger partial charge in [-0.3, -0.25) is 0 Å². The van der Waals surface area contributed by atoms with Crippen molar-refractivity contribution in [1.82, 2.24) is 9.97 Å². The molecule has 1 heterocycles. The van der Waals surface area contributed by atoms with Crippen LogP contribution in [0.5, 0.6) is 11.5 Å². The fraction of sp³-hybridized carbons (Fsp3) is 0.167. The number of nitrogens with zero attached hydrogens (tertiary/aromatic N) is 2. The molecule has 5 nitrogen and oxygen atoms in total. The Bertz CT molecular complexity index is 485. The third-order valence-electron chi connectivity index (χ3n) is 2.15. The lowest BCUT2D eigenvalue weighted by Gasteiger charge is -2.06. The summed E-state index contributed by atoms with van der Waals surface area (Å²) in [5.74, 6) is 2.52. The first-order chi connectivity index (χ1) is 8.28. The van der Waals surface area contributed by atoms with Crippen molar-refractivity contribution >= 4 is 5.82 Å². The van der Waals surface area contributed by atoms with Crippen LogP contribution in [0.25, 0.3) is 0 Å². The summed E-state index contributed by atoms with van der Waals surface area (Å²) in [5.41, 5.74) is 5.54. The molecule has 2 N–H and O–H groups in total. The van der Waals surface area contributed by atoms with E-state index in [0.29, 0.717) is 11.6 Å². The van der Waals surface area contributed by atoms with Crippen LogP contribution in [0.3, 0.4) is 0 Å². The molecule has 0 fully saturated rings. The topological polar surface area (TPSA) is 70.3 Å². The third kappa shape index (κ3) is 3.07. The van der Waals surface area contributed by atoms with Crippen LogP contribution in [0.1, 0.15) is 5.82 Å². The van der Waals surface area contributed by atoms with Crippen LogP contribution in [0.4, 0.5) is 5.82 Å². The Morgan fingerprint density at radius 2 is 1.82 bits per heavy atom. The maximum atomic E-state index is 5.54. The first kappa shape index (κ1) is 11.2. The summed E-state index contributed by atoms with van der Waals surface area (Å²) < 4.78 is 10.6. The second-order valence-corrected chi connectivity index (χ2v) is 3.36. The number of aromatic nitrogens is 2. The molecule has 0 saturated carbocycles. The highest BCUT2D eigenvalue weighted by Gasteiger charge is 1.99. The second kappa shape index (κ2) is 5.16. The van der Waals surface area contributed by atoms with Crippen molar-refractivity contribution in [3.05, 3.63) is 42.4 Å². The van der Waals surface area contributed by atoms with Crippen LogP contribution < -0.4 is 15.2 Å². The Morgan fingerprint density at radius 1 is 1.12 bits per heavy atom. The maximum absolute atomic E-state index is 5.54. The lowest BCUT2D eigenvalue weighted by molar-refractivity contribution is 0.295. The first-order valence-electron chi connectivity index (χ1n) is 5.12. The highest BCUT2D eigenvalue weighted by molar-refractivity contribution is 5.31. The summed E-state index contributed by atoms with van der Waals surface area (Å²) in [6, 6.07) is 8.94. The summed E-state index contributed by atoms with van der Waals surface area (Å²) in [6.07, 6.45) is 1.61. The number of nitrogens with two attached hydrogens (primary N) is 1.